The smallest absolute Gasteiger partial charge is 0.356 e. The number of H-pyrrole nitrogens is 1. The number of nitrogens with one attached hydrogen (secondary N) is 1. The number of nitrogens with zero attached hydrogens (tertiary/aromatic N) is 1. The third kappa shape index (κ3) is 2.56. The van der Waals surface area contributed by atoms with Crippen molar-refractivity contribution < 1.29 is 19.1 Å². The number of aliphatic hydroxyl groups is 1. The number of pyridine rings is 1. The number of rotatable bonds is 4. The first-order valence-electron chi connectivity index (χ1n) is 7.99. The molecule has 6 heteroatoms. The number of aromatic amines is 1. The minimum absolute atomic E-state index is 0.201. The average Bonchev–Trinajstić information content (AvgIpc) is 3.25. The summed E-state index contributed by atoms with van der Waals surface area (Å²) in [6.45, 7) is 1.83. The SMILES string of the molecule is CCOC(=O)c1cc2c([nH]c3ccccc32)c(-c2ccc(CO)o2)n1. The zero-order chi connectivity index (χ0) is 17.4. The molecular weight excluding hydrogens is 320 g/mol. The number of aliphatic hydroxyl groups excluding tert-OH is 1. The van der Waals surface area contributed by atoms with Crippen LogP contribution in [-0.4, -0.2) is 27.7 Å². The van der Waals surface area contributed by atoms with E-state index in [1.807, 2.05) is 24.3 Å². The molecule has 0 spiro atoms. The summed E-state index contributed by atoms with van der Waals surface area (Å²) in [7, 11) is 0. The molecule has 0 atom stereocenters. The molecule has 1 aromatic carbocycles. The first kappa shape index (κ1) is 15.4. The summed E-state index contributed by atoms with van der Waals surface area (Å²) in [4.78, 5) is 20.0. The number of benzene rings is 1. The fourth-order valence-electron chi connectivity index (χ4n) is 2.92. The van der Waals surface area contributed by atoms with E-state index < -0.39 is 5.97 Å². The molecule has 0 saturated carbocycles. The number of fused-ring (bicyclic) bond motifs is 3. The number of carbonyl (C=O) groups excluding carboxylic acids is 1. The van der Waals surface area contributed by atoms with Gasteiger partial charge >= 0.3 is 5.97 Å². The molecule has 0 unspecified atom stereocenters. The molecule has 25 heavy (non-hydrogen) atoms. The number of aromatic nitrogens is 2. The zero-order valence-corrected chi connectivity index (χ0v) is 13.6. The van der Waals surface area contributed by atoms with Gasteiger partial charge in [0.25, 0.3) is 0 Å². The van der Waals surface area contributed by atoms with Crippen molar-refractivity contribution >= 4 is 27.8 Å². The van der Waals surface area contributed by atoms with Crippen LogP contribution in [0.5, 0.6) is 0 Å². The Labute approximate surface area is 143 Å². The van der Waals surface area contributed by atoms with Gasteiger partial charge in [0.1, 0.15) is 23.8 Å². The van der Waals surface area contributed by atoms with Gasteiger partial charge in [0.05, 0.1) is 12.1 Å². The minimum Gasteiger partial charge on any atom is -0.461 e. The lowest BCUT2D eigenvalue weighted by molar-refractivity contribution is 0.0520. The first-order chi connectivity index (χ1) is 12.2. The van der Waals surface area contributed by atoms with Crippen molar-refractivity contribution in [1.82, 2.24) is 9.97 Å². The summed E-state index contributed by atoms with van der Waals surface area (Å²) < 4.78 is 10.7. The van der Waals surface area contributed by atoms with Gasteiger partial charge in [0, 0.05) is 16.3 Å². The number of para-hydroxylation sites is 1. The van der Waals surface area contributed by atoms with Crippen molar-refractivity contribution in [1.29, 1.82) is 0 Å². The van der Waals surface area contributed by atoms with Crippen LogP contribution in [0.2, 0.25) is 0 Å². The highest BCUT2D eigenvalue weighted by Gasteiger charge is 2.19. The monoisotopic (exact) mass is 336 g/mol. The Hall–Kier alpha value is -3.12. The van der Waals surface area contributed by atoms with E-state index in [2.05, 4.69) is 9.97 Å². The fourth-order valence-corrected chi connectivity index (χ4v) is 2.92. The third-order valence-electron chi connectivity index (χ3n) is 4.03. The van der Waals surface area contributed by atoms with Crippen LogP contribution in [0.25, 0.3) is 33.3 Å². The van der Waals surface area contributed by atoms with Gasteiger partial charge in [0.2, 0.25) is 0 Å². The summed E-state index contributed by atoms with van der Waals surface area (Å²) in [6, 6.07) is 13.0. The van der Waals surface area contributed by atoms with E-state index in [0.29, 0.717) is 17.2 Å². The molecule has 3 heterocycles. The van der Waals surface area contributed by atoms with Crippen LogP contribution in [0.15, 0.2) is 46.9 Å². The Bertz CT molecular complexity index is 1080. The molecular formula is C19H16N2O4. The maximum atomic E-state index is 12.2. The second kappa shape index (κ2) is 6.07. The van der Waals surface area contributed by atoms with E-state index >= 15 is 0 Å². The van der Waals surface area contributed by atoms with Crippen molar-refractivity contribution in [3.05, 3.63) is 53.9 Å². The van der Waals surface area contributed by atoms with Gasteiger partial charge in [-0.05, 0) is 31.2 Å². The number of furan rings is 1. The van der Waals surface area contributed by atoms with Crippen molar-refractivity contribution in [2.45, 2.75) is 13.5 Å². The van der Waals surface area contributed by atoms with Crippen LogP contribution in [0, 0.1) is 0 Å². The molecule has 2 N–H and O–H groups in total. The Kier molecular flexibility index (Phi) is 3.74. The van der Waals surface area contributed by atoms with E-state index in [4.69, 9.17) is 9.15 Å². The van der Waals surface area contributed by atoms with Gasteiger partial charge in [0.15, 0.2) is 5.76 Å². The maximum absolute atomic E-state index is 12.2. The average molecular weight is 336 g/mol. The third-order valence-corrected chi connectivity index (χ3v) is 4.03. The van der Waals surface area contributed by atoms with Crippen LogP contribution in [0.1, 0.15) is 23.2 Å². The van der Waals surface area contributed by atoms with Crippen LogP contribution >= 0.6 is 0 Å². The predicted octanol–water partition coefficient (Wildman–Crippen LogP) is 3.65. The summed E-state index contributed by atoms with van der Waals surface area (Å²) in [5.41, 5.74) is 2.44. The number of ether oxygens (including phenoxy) is 1. The van der Waals surface area contributed by atoms with E-state index in [-0.39, 0.29) is 18.9 Å². The molecule has 0 amide bonds. The van der Waals surface area contributed by atoms with Gasteiger partial charge in [-0.15, -0.1) is 0 Å². The van der Waals surface area contributed by atoms with Crippen molar-refractivity contribution in [3.63, 3.8) is 0 Å². The molecule has 4 aromatic rings. The molecule has 0 fully saturated rings. The van der Waals surface area contributed by atoms with E-state index in [1.54, 1.807) is 25.1 Å². The predicted molar refractivity (Wildman–Crippen MR) is 93.2 cm³/mol. The molecule has 126 valence electrons. The number of hydrogen-bond donors (Lipinski definition) is 2. The molecule has 0 aliphatic heterocycles. The Morgan fingerprint density at radius 3 is 2.84 bits per heavy atom. The van der Waals surface area contributed by atoms with Crippen molar-refractivity contribution in [2.24, 2.45) is 0 Å². The van der Waals surface area contributed by atoms with Crippen LogP contribution in [-0.2, 0) is 11.3 Å². The standard InChI is InChI=1S/C19H16N2O4/c1-2-24-19(23)15-9-13-12-5-3-4-6-14(12)20-17(13)18(21-15)16-8-7-11(10-22)25-16/h3-9,20,22H,2,10H2,1H3. The first-order valence-corrected chi connectivity index (χ1v) is 7.99. The van der Waals surface area contributed by atoms with Crippen LogP contribution in [0.4, 0.5) is 0 Å². The highest BCUT2D eigenvalue weighted by Crippen LogP contribution is 2.33. The Morgan fingerprint density at radius 1 is 1.24 bits per heavy atom. The van der Waals surface area contributed by atoms with Gasteiger partial charge in [-0.2, -0.15) is 0 Å². The minimum atomic E-state index is -0.482. The number of carbonyl (C=O) groups is 1. The van der Waals surface area contributed by atoms with E-state index in [9.17, 15) is 9.90 Å². The lowest BCUT2D eigenvalue weighted by Crippen LogP contribution is -2.07. The number of esters is 1. The van der Waals surface area contributed by atoms with Gasteiger partial charge in [-0.25, -0.2) is 9.78 Å². The Morgan fingerprint density at radius 2 is 2.08 bits per heavy atom. The quantitative estimate of drug-likeness (QED) is 0.555. The van der Waals surface area contributed by atoms with Gasteiger partial charge in [-0.1, -0.05) is 18.2 Å². The summed E-state index contributed by atoms with van der Waals surface area (Å²) in [6.07, 6.45) is 0. The second-order valence-corrected chi connectivity index (χ2v) is 5.59. The highest BCUT2D eigenvalue weighted by molar-refractivity contribution is 6.12. The normalized spacial score (nSPS) is 11.3. The molecule has 0 aliphatic carbocycles. The molecule has 4 rings (SSSR count). The summed E-state index contributed by atoms with van der Waals surface area (Å²) >= 11 is 0. The second-order valence-electron chi connectivity index (χ2n) is 5.59. The van der Waals surface area contributed by atoms with Gasteiger partial charge in [-0.3, -0.25) is 0 Å². The van der Waals surface area contributed by atoms with Crippen molar-refractivity contribution in [3.8, 4) is 11.5 Å². The number of hydrogen-bond acceptors (Lipinski definition) is 5. The largest absolute Gasteiger partial charge is 0.461 e. The van der Waals surface area contributed by atoms with Gasteiger partial charge < -0.3 is 19.2 Å². The molecule has 0 bridgehead atoms. The molecule has 0 saturated heterocycles. The van der Waals surface area contributed by atoms with E-state index in [0.717, 1.165) is 21.8 Å². The van der Waals surface area contributed by atoms with E-state index in [1.165, 1.54) is 0 Å². The molecule has 3 aromatic heterocycles. The Balaban J connectivity index is 2.02. The molecule has 6 nitrogen and oxygen atoms in total. The highest BCUT2D eigenvalue weighted by atomic mass is 16.5. The molecule has 0 radical (unpaired) electrons. The summed E-state index contributed by atoms with van der Waals surface area (Å²) in [5, 5.41) is 11.1. The lowest BCUT2D eigenvalue weighted by atomic mass is 10.1. The maximum Gasteiger partial charge on any atom is 0.356 e. The lowest BCUT2D eigenvalue weighted by Gasteiger charge is -2.05. The van der Waals surface area contributed by atoms with Crippen LogP contribution < -0.4 is 0 Å². The van der Waals surface area contributed by atoms with Crippen molar-refractivity contribution in [2.75, 3.05) is 6.61 Å². The summed E-state index contributed by atoms with van der Waals surface area (Å²) in [5.74, 6) is 0.430. The fraction of sp³-hybridized carbons (Fsp3) is 0.158. The molecule has 0 aliphatic rings. The topological polar surface area (TPSA) is 88.4 Å². The zero-order valence-electron chi connectivity index (χ0n) is 13.6. The van der Waals surface area contributed by atoms with Crippen LogP contribution in [0.3, 0.4) is 0 Å².